The topological polar surface area (TPSA) is 46.6 Å². The number of rotatable bonds is 9. The van der Waals surface area contributed by atoms with E-state index in [0.29, 0.717) is 6.42 Å². The molecule has 0 radical (unpaired) electrons. The third-order valence-corrected chi connectivity index (χ3v) is 8.31. The molecular weight excluding hydrogens is 389 g/mol. The lowest BCUT2D eigenvalue weighted by atomic mass is 10.0. The van der Waals surface area contributed by atoms with Crippen molar-refractivity contribution in [2.24, 2.45) is 0 Å². The smallest absolute Gasteiger partial charge is 0.155 e. The van der Waals surface area contributed by atoms with Crippen molar-refractivity contribution in [3.8, 4) is 0 Å². The highest BCUT2D eigenvalue weighted by atomic mass is 32.2. The lowest BCUT2D eigenvalue weighted by Crippen LogP contribution is -2.45. The Morgan fingerprint density at radius 2 is 1.62 bits per heavy atom. The van der Waals surface area contributed by atoms with Gasteiger partial charge in [0, 0.05) is 18.8 Å². The molecule has 1 heterocycles. The summed E-state index contributed by atoms with van der Waals surface area (Å²) in [5, 5.41) is 0. The second kappa shape index (κ2) is 10.3. The first kappa shape index (κ1) is 24.1. The maximum atomic E-state index is 14.5. The molecule has 4 nitrogen and oxygen atoms in total. The van der Waals surface area contributed by atoms with Crippen LogP contribution in [0, 0.1) is 5.82 Å². The van der Waals surface area contributed by atoms with E-state index in [1.165, 1.54) is 0 Å². The summed E-state index contributed by atoms with van der Waals surface area (Å²) >= 11 is 0. The highest BCUT2D eigenvalue weighted by molar-refractivity contribution is 7.92. The van der Waals surface area contributed by atoms with Gasteiger partial charge in [-0.25, -0.2) is 12.8 Å². The van der Waals surface area contributed by atoms with Gasteiger partial charge in [0.15, 0.2) is 9.84 Å². The van der Waals surface area contributed by atoms with Crippen LogP contribution in [0.25, 0.3) is 0 Å². The Morgan fingerprint density at radius 1 is 1.03 bits per heavy atom. The number of aryl methyl sites for hydroxylation is 1. The van der Waals surface area contributed by atoms with Crippen LogP contribution in [0.3, 0.4) is 0 Å². The van der Waals surface area contributed by atoms with Gasteiger partial charge in [-0.1, -0.05) is 25.3 Å². The number of hydrogen-bond acceptors (Lipinski definition) is 4. The van der Waals surface area contributed by atoms with Crippen molar-refractivity contribution in [2.75, 3.05) is 23.7 Å². The van der Waals surface area contributed by atoms with Crippen LogP contribution in [-0.2, 0) is 21.0 Å². The van der Waals surface area contributed by atoms with Crippen molar-refractivity contribution < 1.29 is 17.5 Å². The lowest BCUT2D eigenvalue weighted by molar-refractivity contribution is -0.00523. The van der Waals surface area contributed by atoms with Crippen LogP contribution in [0.1, 0.15) is 72.3 Å². The maximum Gasteiger partial charge on any atom is 0.155 e. The Hall–Kier alpha value is -1.14. The summed E-state index contributed by atoms with van der Waals surface area (Å²) in [6, 6.07) is 5.57. The van der Waals surface area contributed by atoms with E-state index in [9.17, 15) is 12.8 Å². The molecular formula is C23H38FNO3S. The third kappa shape index (κ3) is 7.25. The minimum Gasteiger partial charge on any atom is -0.372 e. The van der Waals surface area contributed by atoms with Crippen LogP contribution in [0.15, 0.2) is 18.2 Å². The first-order chi connectivity index (χ1) is 13.5. The standard InChI is InChI=1S/C23H38FNO3S/c1-18-16-25(17-19(2)28-18)21-13-12-20(22(24)15-21)11-9-7-6-8-10-14-29(26,27)23(3,4)5/h12-13,15,18-19H,6-11,14,16-17H2,1-5H3/t18-,19+. The lowest BCUT2D eigenvalue weighted by Gasteiger charge is -2.37. The first-order valence-electron chi connectivity index (χ1n) is 10.9. The van der Waals surface area contributed by atoms with E-state index in [1.54, 1.807) is 26.8 Å². The van der Waals surface area contributed by atoms with Gasteiger partial charge in [-0.15, -0.1) is 0 Å². The Balaban J connectivity index is 1.72. The van der Waals surface area contributed by atoms with E-state index in [0.717, 1.165) is 56.4 Å². The van der Waals surface area contributed by atoms with E-state index < -0.39 is 14.6 Å². The molecule has 2 rings (SSSR count). The third-order valence-electron chi connectivity index (χ3n) is 5.61. The molecule has 29 heavy (non-hydrogen) atoms. The molecule has 0 unspecified atom stereocenters. The fourth-order valence-corrected chi connectivity index (χ4v) is 4.96. The number of hydrogen-bond donors (Lipinski definition) is 0. The predicted molar refractivity (Wildman–Crippen MR) is 119 cm³/mol. The van der Waals surface area contributed by atoms with Gasteiger partial charge < -0.3 is 9.64 Å². The number of morpholine rings is 1. The number of nitrogens with zero attached hydrogens (tertiary/aromatic N) is 1. The van der Waals surface area contributed by atoms with Crippen molar-refractivity contribution in [1.82, 2.24) is 0 Å². The molecule has 2 atom stereocenters. The average molecular weight is 428 g/mol. The van der Waals surface area contributed by atoms with Crippen LogP contribution < -0.4 is 4.90 Å². The van der Waals surface area contributed by atoms with Crippen LogP contribution in [-0.4, -0.2) is 44.2 Å². The van der Waals surface area contributed by atoms with Gasteiger partial charge in [0.05, 0.1) is 22.7 Å². The summed E-state index contributed by atoms with van der Waals surface area (Å²) < 4.78 is 43.8. The summed E-state index contributed by atoms with van der Waals surface area (Å²) in [5.41, 5.74) is 1.69. The molecule has 1 aliphatic rings. The number of anilines is 1. The molecule has 0 aromatic heterocycles. The van der Waals surface area contributed by atoms with Gasteiger partial charge in [-0.05, 0) is 71.6 Å². The van der Waals surface area contributed by atoms with E-state index in [4.69, 9.17) is 4.74 Å². The molecule has 1 saturated heterocycles. The molecule has 6 heteroatoms. The summed E-state index contributed by atoms with van der Waals surface area (Å²) in [6.45, 7) is 10.9. The molecule has 1 aromatic rings. The molecule has 0 aliphatic carbocycles. The van der Waals surface area contributed by atoms with Crippen molar-refractivity contribution in [3.05, 3.63) is 29.6 Å². The molecule has 1 aromatic carbocycles. The quantitative estimate of drug-likeness (QED) is 0.512. The molecule has 0 spiro atoms. The van der Waals surface area contributed by atoms with Crippen LogP contribution in [0.5, 0.6) is 0 Å². The largest absolute Gasteiger partial charge is 0.372 e. The molecule has 1 fully saturated rings. The molecule has 1 aliphatic heterocycles. The normalized spacial score (nSPS) is 20.8. The van der Waals surface area contributed by atoms with Crippen molar-refractivity contribution in [1.29, 1.82) is 0 Å². The SMILES string of the molecule is C[C@@H]1CN(c2ccc(CCCCCCCS(=O)(=O)C(C)(C)C)c(F)c2)C[C@H](C)O1. The summed E-state index contributed by atoms with van der Waals surface area (Å²) in [6.07, 6.45) is 5.55. The number of unbranched alkanes of at least 4 members (excludes halogenated alkanes) is 4. The van der Waals surface area contributed by atoms with Crippen LogP contribution in [0.4, 0.5) is 10.1 Å². The fraction of sp³-hybridized carbons (Fsp3) is 0.739. The Kier molecular flexibility index (Phi) is 8.53. The molecule has 0 saturated carbocycles. The highest BCUT2D eigenvalue weighted by Crippen LogP contribution is 2.24. The number of halogens is 1. The van der Waals surface area contributed by atoms with Crippen LogP contribution in [0.2, 0.25) is 0 Å². The predicted octanol–water partition coefficient (Wildman–Crippen LogP) is 5.15. The zero-order valence-electron chi connectivity index (χ0n) is 18.7. The van der Waals surface area contributed by atoms with Crippen molar-refractivity contribution in [3.63, 3.8) is 0 Å². The molecule has 0 N–H and O–H groups in total. The van der Waals surface area contributed by atoms with Gasteiger partial charge >= 0.3 is 0 Å². The fourth-order valence-electron chi connectivity index (χ4n) is 3.77. The minimum atomic E-state index is -3.02. The first-order valence-corrected chi connectivity index (χ1v) is 12.6. The van der Waals surface area contributed by atoms with Gasteiger partial charge in [-0.3, -0.25) is 0 Å². The molecule has 0 amide bonds. The number of sulfone groups is 1. The highest BCUT2D eigenvalue weighted by Gasteiger charge is 2.28. The number of ether oxygens (including phenoxy) is 1. The second-order valence-corrected chi connectivity index (χ2v) is 12.2. The summed E-state index contributed by atoms with van der Waals surface area (Å²) in [7, 11) is -3.02. The summed E-state index contributed by atoms with van der Waals surface area (Å²) in [4.78, 5) is 2.19. The van der Waals surface area contributed by atoms with E-state index >= 15 is 0 Å². The van der Waals surface area contributed by atoms with Crippen LogP contribution >= 0.6 is 0 Å². The maximum absolute atomic E-state index is 14.5. The van der Waals surface area contributed by atoms with Gasteiger partial charge in [0.25, 0.3) is 0 Å². The Morgan fingerprint density at radius 3 is 2.21 bits per heavy atom. The van der Waals surface area contributed by atoms with E-state index in [2.05, 4.69) is 4.90 Å². The monoisotopic (exact) mass is 427 g/mol. The molecule has 166 valence electrons. The minimum absolute atomic E-state index is 0.134. The van der Waals surface area contributed by atoms with Gasteiger partial charge in [0.1, 0.15) is 5.82 Å². The van der Waals surface area contributed by atoms with Crippen molar-refractivity contribution >= 4 is 15.5 Å². The molecule has 0 bridgehead atoms. The second-order valence-electron chi connectivity index (χ2n) is 9.39. The van der Waals surface area contributed by atoms with Crippen molar-refractivity contribution in [2.45, 2.75) is 90.1 Å². The summed E-state index contributed by atoms with van der Waals surface area (Å²) in [5.74, 6) is 0.122. The Labute approximate surface area is 176 Å². The van der Waals surface area contributed by atoms with Gasteiger partial charge in [-0.2, -0.15) is 0 Å². The van der Waals surface area contributed by atoms with E-state index in [-0.39, 0.29) is 23.8 Å². The van der Waals surface area contributed by atoms with Gasteiger partial charge in [0.2, 0.25) is 0 Å². The zero-order valence-corrected chi connectivity index (χ0v) is 19.5. The van der Waals surface area contributed by atoms with E-state index in [1.807, 2.05) is 26.0 Å². The average Bonchev–Trinajstić information content (AvgIpc) is 2.60. The Bertz CT molecular complexity index is 748. The number of benzene rings is 1. The zero-order chi connectivity index (χ0) is 21.7.